The zero-order chi connectivity index (χ0) is 23.1. The molecule has 0 radical (unpaired) electrons. The van der Waals surface area contributed by atoms with Crippen molar-refractivity contribution in [1.29, 1.82) is 5.26 Å². The lowest BCUT2D eigenvalue weighted by Gasteiger charge is -2.45. The highest BCUT2D eigenvalue weighted by Gasteiger charge is 2.36. The number of pyridine rings is 2. The van der Waals surface area contributed by atoms with Crippen LogP contribution in [0.4, 0.5) is 17.2 Å². The van der Waals surface area contributed by atoms with Gasteiger partial charge in [0.25, 0.3) is 0 Å². The minimum Gasteiger partial charge on any atom is -0.481 e. The highest BCUT2D eigenvalue weighted by Crippen LogP contribution is 2.44. The molecule has 6 heterocycles. The smallest absolute Gasteiger partial charge is 0.185 e. The minimum atomic E-state index is -0.269. The van der Waals surface area contributed by atoms with Crippen LogP contribution in [0.25, 0.3) is 0 Å². The summed E-state index contributed by atoms with van der Waals surface area (Å²) in [7, 11) is 0. The first kappa shape index (κ1) is 21.6. The molecule has 3 fully saturated rings. The molecule has 0 spiro atoms. The van der Waals surface area contributed by atoms with E-state index in [1.54, 1.807) is 0 Å². The van der Waals surface area contributed by atoms with Crippen LogP contribution in [0.2, 0.25) is 0 Å². The molecule has 9 nitrogen and oxygen atoms in total. The average molecular weight is 462 g/mol. The largest absolute Gasteiger partial charge is 0.481 e. The van der Waals surface area contributed by atoms with Crippen molar-refractivity contribution in [3.05, 3.63) is 35.3 Å². The molecule has 2 aromatic heterocycles. The number of hydrogen-bond acceptors (Lipinski definition) is 9. The Kier molecular flexibility index (Phi) is 5.73. The van der Waals surface area contributed by atoms with E-state index in [1.165, 1.54) is 12.8 Å². The van der Waals surface area contributed by atoms with Crippen LogP contribution in [-0.2, 0) is 4.74 Å². The zero-order valence-electron chi connectivity index (χ0n) is 19.6. The molecule has 0 bridgehead atoms. The lowest BCUT2D eigenvalue weighted by molar-refractivity contribution is 0.0713. The van der Waals surface area contributed by atoms with Crippen LogP contribution in [0.5, 0.6) is 5.75 Å². The second kappa shape index (κ2) is 9.02. The number of piperidine rings is 1. The van der Waals surface area contributed by atoms with Gasteiger partial charge in [-0.1, -0.05) is 0 Å². The van der Waals surface area contributed by atoms with Crippen LogP contribution in [0.15, 0.2) is 18.3 Å². The van der Waals surface area contributed by atoms with Crippen molar-refractivity contribution in [2.45, 2.75) is 37.8 Å². The lowest BCUT2D eigenvalue weighted by atomic mass is 9.90. The Morgan fingerprint density at radius 3 is 2.74 bits per heavy atom. The number of ether oxygens (including phenoxy) is 2. The summed E-state index contributed by atoms with van der Waals surface area (Å²) < 4.78 is 11.9. The van der Waals surface area contributed by atoms with Gasteiger partial charge in [0.2, 0.25) is 0 Å². The van der Waals surface area contributed by atoms with E-state index in [2.05, 4.69) is 37.6 Å². The van der Waals surface area contributed by atoms with E-state index >= 15 is 0 Å². The second-order valence-electron chi connectivity index (χ2n) is 9.59. The minimum absolute atomic E-state index is 0.269. The maximum Gasteiger partial charge on any atom is 0.185 e. The summed E-state index contributed by atoms with van der Waals surface area (Å²) in [6, 6.07) is 7.04. The molecule has 0 unspecified atom stereocenters. The Morgan fingerprint density at radius 1 is 1.18 bits per heavy atom. The third-order valence-corrected chi connectivity index (χ3v) is 7.52. The topological polar surface area (TPSA) is 98.6 Å². The number of hydrogen-bond donors (Lipinski definition) is 2. The predicted molar refractivity (Wildman–Crippen MR) is 129 cm³/mol. The quantitative estimate of drug-likeness (QED) is 0.714. The molecular formula is C25H31N7O2. The van der Waals surface area contributed by atoms with E-state index in [-0.39, 0.29) is 6.10 Å². The number of morpholine rings is 1. The fourth-order valence-corrected chi connectivity index (χ4v) is 5.63. The van der Waals surface area contributed by atoms with E-state index < -0.39 is 0 Å². The lowest BCUT2D eigenvalue weighted by Crippen LogP contribution is -2.53. The highest BCUT2D eigenvalue weighted by molar-refractivity contribution is 5.75. The van der Waals surface area contributed by atoms with Gasteiger partial charge in [0, 0.05) is 55.7 Å². The summed E-state index contributed by atoms with van der Waals surface area (Å²) in [5, 5.41) is 16.9. The van der Waals surface area contributed by atoms with Gasteiger partial charge >= 0.3 is 0 Å². The van der Waals surface area contributed by atoms with Crippen LogP contribution >= 0.6 is 0 Å². The molecule has 0 aliphatic carbocycles. The summed E-state index contributed by atoms with van der Waals surface area (Å²) in [5.74, 6) is 1.63. The van der Waals surface area contributed by atoms with Crippen molar-refractivity contribution in [3.63, 3.8) is 0 Å². The molecule has 2 N–H and O–H groups in total. The SMILES string of the molecule is C[C@H]1Oc2c(cc(C3CN(C4CCNCC4)C3)nc2C#N)Nc2nccc(N3CCOCC3)c21. The van der Waals surface area contributed by atoms with E-state index in [1.807, 2.05) is 19.2 Å². The zero-order valence-corrected chi connectivity index (χ0v) is 19.6. The molecule has 34 heavy (non-hydrogen) atoms. The third kappa shape index (κ3) is 3.86. The fourth-order valence-electron chi connectivity index (χ4n) is 5.63. The van der Waals surface area contributed by atoms with Gasteiger partial charge in [0.1, 0.15) is 18.0 Å². The summed E-state index contributed by atoms with van der Waals surface area (Å²) in [6.07, 6.45) is 3.98. The summed E-state index contributed by atoms with van der Waals surface area (Å²) >= 11 is 0. The summed E-state index contributed by atoms with van der Waals surface area (Å²) in [6.45, 7) is 9.28. The molecule has 3 saturated heterocycles. The number of anilines is 3. The van der Waals surface area contributed by atoms with Crippen molar-refractivity contribution < 1.29 is 9.47 Å². The van der Waals surface area contributed by atoms with Gasteiger partial charge in [-0.15, -0.1) is 0 Å². The molecule has 6 rings (SSSR count). The van der Waals surface area contributed by atoms with E-state index in [0.29, 0.717) is 36.6 Å². The number of nitriles is 1. The number of rotatable bonds is 3. The molecule has 0 saturated carbocycles. The van der Waals surface area contributed by atoms with Crippen molar-refractivity contribution in [2.75, 3.05) is 62.7 Å². The first-order chi connectivity index (χ1) is 16.7. The Morgan fingerprint density at radius 2 is 1.97 bits per heavy atom. The van der Waals surface area contributed by atoms with Gasteiger partial charge in [0.05, 0.1) is 24.5 Å². The number of fused-ring (bicyclic) bond motifs is 2. The van der Waals surface area contributed by atoms with Gasteiger partial charge < -0.3 is 25.0 Å². The van der Waals surface area contributed by atoms with Crippen molar-refractivity contribution in [1.82, 2.24) is 20.2 Å². The number of nitrogens with one attached hydrogen (secondary N) is 2. The molecule has 9 heteroatoms. The molecule has 0 aromatic carbocycles. The van der Waals surface area contributed by atoms with Crippen LogP contribution in [0.1, 0.15) is 48.7 Å². The maximum absolute atomic E-state index is 9.92. The van der Waals surface area contributed by atoms with Gasteiger partial charge in [0.15, 0.2) is 11.4 Å². The number of likely N-dealkylation sites (tertiary alicyclic amines) is 1. The van der Waals surface area contributed by atoms with Crippen LogP contribution < -0.4 is 20.3 Å². The van der Waals surface area contributed by atoms with Gasteiger partial charge in [-0.25, -0.2) is 9.97 Å². The number of aromatic nitrogens is 2. The molecule has 4 aliphatic heterocycles. The van der Waals surface area contributed by atoms with E-state index in [0.717, 1.165) is 67.7 Å². The van der Waals surface area contributed by atoms with Crippen LogP contribution in [0, 0.1) is 11.3 Å². The Bertz CT molecular complexity index is 1100. The maximum atomic E-state index is 9.92. The fraction of sp³-hybridized carbons (Fsp3) is 0.560. The number of nitrogens with zero attached hydrogens (tertiary/aromatic N) is 5. The van der Waals surface area contributed by atoms with Gasteiger partial charge in [-0.05, 0) is 45.0 Å². The molecule has 4 aliphatic rings. The highest BCUT2D eigenvalue weighted by atomic mass is 16.5. The normalized spacial score (nSPS) is 23.5. The van der Waals surface area contributed by atoms with Crippen molar-refractivity contribution >= 4 is 17.2 Å². The Balaban J connectivity index is 1.29. The Hall–Kier alpha value is -2.93. The van der Waals surface area contributed by atoms with Crippen LogP contribution in [-0.4, -0.2) is 73.4 Å². The molecular weight excluding hydrogens is 430 g/mol. The standard InChI is InChI=1S/C25H31N7O2/c1-16-23-22(31-8-10-33-11-9-31)4-7-28-25(23)30-20-12-19(29-21(13-26)24(20)34-16)17-14-32(15-17)18-2-5-27-6-3-18/h4,7,12,16-18,27H,2-3,5-6,8-11,14-15H2,1H3,(H,28,30)/t16-/m1/s1. The van der Waals surface area contributed by atoms with Crippen molar-refractivity contribution in [2.24, 2.45) is 0 Å². The van der Waals surface area contributed by atoms with Crippen molar-refractivity contribution in [3.8, 4) is 11.8 Å². The summed E-state index contributed by atoms with van der Waals surface area (Å²) in [5.41, 5.74) is 4.18. The van der Waals surface area contributed by atoms with Gasteiger partial charge in [-0.2, -0.15) is 5.26 Å². The molecule has 2 aromatic rings. The molecule has 178 valence electrons. The van der Waals surface area contributed by atoms with Crippen LogP contribution in [0.3, 0.4) is 0 Å². The van der Waals surface area contributed by atoms with E-state index in [4.69, 9.17) is 14.5 Å². The molecule has 1 atom stereocenters. The van der Waals surface area contributed by atoms with E-state index in [9.17, 15) is 5.26 Å². The summed E-state index contributed by atoms with van der Waals surface area (Å²) in [4.78, 5) is 14.3. The first-order valence-corrected chi connectivity index (χ1v) is 12.4. The Labute approximate surface area is 200 Å². The monoisotopic (exact) mass is 461 g/mol. The second-order valence-corrected chi connectivity index (χ2v) is 9.59. The average Bonchev–Trinajstić information content (AvgIpc) is 2.99. The predicted octanol–water partition coefficient (Wildman–Crippen LogP) is 2.53. The van der Waals surface area contributed by atoms with Gasteiger partial charge in [-0.3, -0.25) is 4.90 Å². The first-order valence-electron chi connectivity index (χ1n) is 12.4. The molecule has 0 amide bonds. The third-order valence-electron chi connectivity index (χ3n) is 7.52.